The molecular weight excluding hydrogens is 334 g/mol. The van der Waals surface area contributed by atoms with E-state index in [4.69, 9.17) is 0 Å². The molecule has 2 aromatic rings. The van der Waals surface area contributed by atoms with E-state index in [1.54, 1.807) is 12.4 Å². The molecule has 0 unspecified atom stereocenters. The number of benzene rings is 1. The number of aryl methyl sites for hydroxylation is 1. The molecule has 4 bridgehead atoms. The van der Waals surface area contributed by atoms with Crippen LogP contribution in [0.25, 0.3) is 0 Å². The first-order valence-electron chi connectivity index (χ1n) is 10.2. The summed E-state index contributed by atoms with van der Waals surface area (Å²) in [7, 11) is 0. The van der Waals surface area contributed by atoms with Crippen molar-refractivity contribution in [2.24, 2.45) is 17.3 Å². The number of rotatable bonds is 4. The van der Waals surface area contributed by atoms with Crippen molar-refractivity contribution in [2.45, 2.75) is 57.4 Å². The Morgan fingerprint density at radius 2 is 1.81 bits per heavy atom. The lowest BCUT2D eigenvalue weighted by Crippen LogP contribution is -2.59. The fourth-order valence-corrected chi connectivity index (χ4v) is 6.53. The maximum Gasteiger partial charge on any atom is 0.226 e. The van der Waals surface area contributed by atoms with Crippen LogP contribution in [0.15, 0.2) is 42.7 Å². The van der Waals surface area contributed by atoms with Gasteiger partial charge in [-0.15, -0.1) is 0 Å². The largest absolute Gasteiger partial charge is 0.350 e. The number of hydrogen-bond donors (Lipinski definition) is 1. The minimum absolute atomic E-state index is 0.196. The molecule has 1 amide bonds. The molecule has 0 saturated heterocycles. The molecule has 0 aliphatic heterocycles. The number of hydrogen-bond acceptors (Lipinski definition) is 3. The van der Waals surface area contributed by atoms with Crippen LogP contribution in [0.4, 0.5) is 0 Å². The summed E-state index contributed by atoms with van der Waals surface area (Å²) in [5.74, 6) is 1.62. The second-order valence-corrected chi connectivity index (χ2v) is 9.22. The average Bonchev–Trinajstić information content (AvgIpc) is 2.67. The lowest BCUT2D eigenvalue weighted by atomic mass is 9.42. The van der Waals surface area contributed by atoms with Crippen LogP contribution in [-0.2, 0) is 16.8 Å². The summed E-state index contributed by atoms with van der Waals surface area (Å²) in [5.41, 5.74) is 3.18. The van der Waals surface area contributed by atoms with Crippen LogP contribution in [0.1, 0.15) is 55.5 Å². The maximum atomic E-state index is 13.4. The van der Waals surface area contributed by atoms with Gasteiger partial charge in [0.1, 0.15) is 0 Å². The molecule has 1 heterocycles. The highest BCUT2D eigenvalue weighted by Gasteiger charge is 2.60. The van der Waals surface area contributed by atoms with Gasteiger partial charge in [-0.2, -0.15) is 0 Å². The summed E-state index contributed by atoms with van der Waals surface area (Å²) in [6.07, 6.45) is 10.5. The highest BCUT2D eigenvalue weighted by Crippen LogP contribution is 2.65. The quantitative estimate of drug-likeness (QED) is 0.897. The van der Waals surface area contributed by atoms with Gasteiger partial charge >= 0.3 is 0 Å². The minimum Gasteiger partial charge on any atom is -0.350 e. The Bertz CT molecular complexity index is 832. The second-order valence-electron chi connectivity index (χ2n) is 9.22. The van der Waals surface area contributed by atoms with E-state index in [-0.39, 0.29) is 16.7 Å². The predicted octanol–water partition coefficient (Wildman–Crippen LogP) is 3.94. The van der Waals surface area contributed by atoms with E-state index >= 15 is 0 Å². The summed E-state index contributed by atoms with van der Waals surface area (Å²) in [6.45, 7) is 2.40. The van der Waals surface area contributed by atoms with Gasteiger partial charge in [0.05, 0.1) is 29.5 Å². The lowest BCUT2D eigenvalue weighted by molar-refractivity contribution is -0.149. The Morgan fingerprint density at radius 1 is 1.07 bits per heavy atom. The zero-order chi connectivity index (χ0) is 18.5. The highest BCUT2D eigenvalue weighted by atomic mass is 16.2. The van der Waals surface area contributed by atoms with Crippen molar-refractivity contribution in [1.82, 2.24) is 15.3 Å². The van der Waals surface area contributed by atoms with Gasteiger partial charge in [-0.25, -0.2) is 0 Å². The smallest absolute Gasteiger partial charge is 0.226 e. The maximum absolute atomic E-state index is 13.4. The monoisotopic (exact) mass is 361 g/mol. The molecule has 4 saturated carbocycles. The molecule has 4 aliphatic carbocycles. The van der Waals surface area contributed by atoms with E-state index < -0.39 is 0 Å². The first-order valence-corrected chi connectivity index (χ1v) is 10.2. The van der Waals surface area contributed by atoms with Crippen molar-refractivity contribution >= 4 is 5.91 Å². The fourth-order valence-electron chi connectivity index (χ4n) is 6.53. The van der Waals surface area contributed by atoms with Crippen molar-refractivity contribution in [3.63, 3.8) is 0 Å². The van der Waals surface area contributed by atoms with Crippen LogP contribution in [0.3, 0.4) is 0 Å². The zero-order valence-corrected chi connectivity index (χ0v) is 15.9. The number of amides is 1. The average molecular weight is 361 g/mol. The third kappa shape index (κ3) is 2.86. The first kappa shape index (κ1) is 16.9. The summed E-state index contributed by atoms with van der Waals surface area (Å²) < 4.78 is 0. The van der Waals surface area contributed by atoms with E-state index in [0.29, 0.717) is 18.4 Å². The van der Waals surface area contributed by atoms with Gasteiger partial charge in [-0.05, 0) is 68.3 Å². The van der Waals surface area contributed by atoms with Crippen molar-refractivity contribution < 1.29 is 4.79 Å². The molecule has 1 aromatic heterocycles. The zero-order valence-electron chi connectivity index (χ0n) is 15.9. The number of aromatic nitrogens is 2. The number of carbonyl (C=O) groups is 1. The van der Waals surface area contributed by atoms with Crippen molar-refractivity contribution in [2.75, 3.05) is 0 Å². The van der Waals surface area contributed by atoms with Gasteiger partial charge in [0.15, 0.2) is 0 Å². The highest BCUT2D eigenvalue weighted by molar-refractivity contribution is 5.83. The third-order valence-corrected chi connectivity index (χ3v) is 7.19. The number of nitrogens with zero attached hydrogens (tertiary/aromatic N) is 2. The van der Waals surface area contributed by atoms with Gasteiger partial charge in [0.25, 0.3) is 0 Å². The van der Waals surface area contributed by atoms with Gasteiger partial charge in [0, 0.05) is 6.20 Å². The summed E-state index contributed by atoms with van der Waals surface area (Å²) in [4.78, 5) is 22.0. The Balaban J connectivity index is 1.39. The van der Waals surface area contributed by atoms with E-state index in [1.165, 1.54) is 24.8 Å². The Hall–Kier alpha value is -2.23. The lowest BCUT2D eigenvalue weighted by Gasteiger charge is -2.61. The van der Waals surface area contributed by atoms with Crippen molar-refractivity contribution in [3.8, 4) is 0 Å². The van der Waals surface area contributed by atoms with E-state index in [0.717, 1.165) is 30.7 Å². The van der Waals surface area contributed by atoms with Crippen molar-refractivity contribution in [3.05, 3.63) is 59.7 Å². The van der Waals surface area contributed by atoms with E-state index in [1.807, 2.05) is 6.92 Å². The van der Waals surface area contributed by atoms with Gasteiger partial charge in [-0.1, -0.05) is 30.3 Å². The molecule has 2 atom stereocenters. The van der Waals surface area contributed by atoms with Crippen LogP contribution >= 0.6 is 0 Å². The molecule has 1 N–H and O–H groups in total. The van der Waals surface area contributed by atoms with Crippen LogP contribution in [0.2, 0.25) is 0 Å². The molecular formula is C23H27N3O. The molecule has 0 spiro atoms. The summed E-state index contributed by atoms with van der Waals surface area (Å²) in [6, 6.07) is 10.9. The van der Waals surface area contributed by atoms with E-state index in [9.17, 15) is 4.79 Å². The van der Waals surface area contributed by atoms with Crippen LogP contribution < -0.4 is 5.32 Å². The molecule has 140 valence electrons. The van der Waals surface area contributed by atoms with Gasteiger partial charge in [0.2, 0.25) is 5.91 Å². The van der Waals surface area contributed by atoms with Crippen LogP contribution in [-0.4, -0.2) is 15.9 Å². The SMILES string of the molecule is Cc1cnc(CNC(=O)C23C[C@H]4C[C@H](C2)CC(c2ccccc2)(C4)C3)cn1. The van der Waals surface area contributed by atoms with Gasteiger partial charge in [-0.3, -0.25) is 14.8 Å². The molecule has 4 aliphatic rings. The fraction of sp³-hybridized carbons (Fsp3) is 0.522. The molecule has 4 heteroatoms. The van der Waals surface area contributed by atoms with Crippen LogP contribution in [0, 0.1) is 24.2 Å². The molecule has 1 aromatic carbocycles. The number of nitrogens with one attached hydrogen (secondary N) is 1. The molecule has 27 heavy (non-hydrogen) atoms. The standard InChI is InChI=1S/C23H27N3O/c1-16-12-25-20(13-24-16)14-26-21(27)23-10-17-7-18(11-23)9-22(8-17,15-23)19-5-3-2-4-6-19/h2-6,12-13,17-18H,7-11,14-15H2,1H3,(H,26,27)/t17-,18-,22?,23?/m0/s1. The van der Waals surface area contributed by atoms with E-state index in [2.05, 4.69) is 45.6 Å². The molecule has 6 rings (SSSR count). The minimum atomic E-state index is -0.196. The summed E-state index contributed by atoms with van der Waals surface area (Å²) >= 11 is 0. The topological polar surface area (TPSA) is 54.9 Å². The molecule has 4 fully saturated rings. The van der Waals surface area contributed by atoms with Gasteiger partial charge < -0.3 is 5.32 Å². The molecule has 4 nitrogen and oxygen atoms in total. The second kappa shape index (κ2) is 6.15. The van der Waals surface area contributed by atoms with Crippen LogP contribution in [0.5, 0.6) is 0 Å². The predicted molar refractivity (Wildman–Crippen MR) is 104 cm³/mol. The molecule has 0 radical (unpaired) electrons. The Labute approximate surface area is 160 Å². The third-order valence-electron chi connectivity index (χ3n) is 7.19. The summed E-state index contributed by atoms with van der Waals surface area (Å²) in [5, 5.41) is 3.20. The number of carbonyl (C=O) groups excluding carboxylic acids is 1. The normalized spacial score (nSPS) is 33.8. The Morgan fingerprint density at radius 3 is 2.48 bits per heavy atom. The van der Waals surface area contributed by atoms with Crippen molar-refractivity contribution in [1.29, 1.82) is 0 Å². The Kier molecular flexibility index (Phi) is 3.85. The first-order chi connectivity index (χ1) is 13.1.